The smallest absolute Gasteiger partial charge is 0.220 e. The van der Waals surface area contributed by atoms with Crippen LogP contribution in [0.15, 0.2) is 12.2 Å². The van der Waals surface area contributed by atoms with Gasteiger partial charge in [0, 0.05) is 20.3 Å². The zero-order valence-corrected chi connectivity index (χ0v) is 64.1. The molecule has 36 heteroatoms. The lowest BCUT2D eigenvalue weighted by molar-refractivity contribution is -0.385. The first-order valence-corrected chi connectivity index (χ1v) is 40.0. The molecule has 12 unspecified atom stereocenters. The lowest BCUT2D eigenvalue weighted by atomic mass is 9.94. The van der Waals surface area contributed by atoms with Gasteiger partial charge in [0.25, 0.3) is 0 Å². The zero-order valence-electron chi connectivity index (χ0n) is 64.1. The number of hydrogen-bond acceptors (Lipinski definition) is 33. The van der Waals surface area contributed by atoms with Gasteiger partial charge in [-0.15, -0.1) is 0 Å². The van der Waals surface area contributed by atoms with Crippen LogP contribution in [0.5, 0.6) is 0 Å². The second-order valence-electron chi connectivity index (χ2n) is 30.0. The molecule has 0 aliphatic carbocycles. The van der Waals surface area contributed by atoms with Crippen LogP contribution in [-0.2, 0) is 71.2 Å². The van der Waals surface area contributed by atoms with Gasteiger partial charge in [0.1, 0.15) is 146 Å². The van der Waals surface area contributed by atoms with E-state index in [0.717, 1.165) is 71.6 Å². The fourth-order valence-corrected chi connectivity index (χ4v) is 14.6. The SMILES string of the molecule is CCCCCCCCCCCCC/C=C/[C@@H](O)[C@H](CO[C@@H]1OC(CO)[C@@H](O[C@@H]2OC(CO[C@@H]3OC(CO)[C@@H](O[C@@H]4OC(CO)[C@H](O)[C@H](O)C4O)[C@H](O)C3NC(C)=O)[C@H](O)[C@H](O[C@@H]3OC(CO)[C@@H](O[C@@H]4OC(CO)[C@H](O)[C@H](O)C4O)[C@H](O)C3NC(C)=O)C2O)[C@H](O)C1O)NC(=O)CCCCCCCCCCCCCCC. The molecule has 6 fully saturated rings. The summed E-state index contributed by atoms with van der Waals surface area (Å²) in [6.07, 6.45) is -23.9. The van der Waals surface area contributed by atoms with E-state index in [-0.39, 0.29) is 12.3 Å². The highest BCUT2D eigenvalue weighted by Crippen LogP contribution is 2.37. The first kappa shape index (κ1) is 95.8. The maximum absolute atomic E-state index is 13.6. The minimum Gasteiger partial charge on any atom is -0.394 e. The van der Waals surface area contributed by atoms with Gasteiger partial charge in [-0.3, -0.25) is 14.4 Å². The Morgan fingerprint density at radius 2 is 0.718 bits per heavy atom. The Kier molecular flexibility index (Phi) is 44.0. The maximum atomic E-state index is 13.6. The number of amides is 3. The highest BCUT2D eigenvalue weighted by molar-refractivity contribution is 5.76. The molecule has 6 aliphatic heterocycles. The molecule has 6 heterocycles. The topological polar surface area (TPSA) is 562 Å². The molecule has 21 N–H and O–H groups in total. The van der Waals surface area contributed by atoms with Gasteiger partial charge in [-0.1, -0.05) is 167 Å². The largest absolute Gasteiger partial charge is 0.394 e. The molecule has 0 saturated carbocycles. The summed E-state index contributed by atoms with van der Waals surface area (Å²) in [5.41, 5.74) is 0. The predicted octanol–water partition coefficient (Wildman–Crippen LogP) is -3.20. The normalized spacial score (nSPS) is 37.7. The van der Waals surface area contributed by atoms with E-state index in [1.165, 1.54) is 89.9 Å². The van der Waals surface area contributed by atoms with Crippen LogP contribution in [0.25, 0.3) is 0 Å². The molecule has 6 aliphatic rings. The molecular weight excluding hydrogens is 1460 g/mol. The van der Waals surface area contributed by atoms with E-state index in [0.29, 0.717) is 12.8 Å². The average Bonchev–Trinajstić information content (AvgIpc) is 0.781. The molecule has 110 heavy (non-hydrogen) atoms. The Hall–Kier alpha value is -3.05. The number of allylic oxidation sites excluding steroid dienone is 1. The predicted molar refractivity (Wildman–Crippen MR) is 385 cm³/mol. The summed E-state index contributed by atoms with van der Waals surface area (Å²) < 4.78 is 71.4. The van der Waals surface area contributed by atoms with Crippen LogP contribution < -0.4 is 16.0 Å². The number of nitrogens with one attached hydrogen (secondary N) is 3. The number of unbranched alkanes of at least 4 members (excludes halogenated alkanes) is 23. The molecular formula is C74H133N3O33. The summed E-state index contributed by atoms with van der Waals surface area (Å²) in [7, 11) is 0. The van der Waals surface area contributed by atoms with Gasteiger partial charge in [0.05, 0.1) is 58.4 Å². The fraction of sp³-hybridized carbons (Fsp3) is 0.932. The number of carbonyl (C=O) groups excluding carboxylic acids is 3. The van der Waals surface area contributed by atoms with Crippen LogP contribution in [0, 0.1) is 0 Å². The fourth-order valence-electron chi connectivity index (χ4n) is 14.6. The van der Waals surface area contributed by atoms with Crippen molar-refractivity contribution in [3.63, 3.8) is 0 Å². The minimum absolute atomic E-state index is 0.145. The van der Waals surface area contributed by atoms with E-state index in [2.05, 4.69) is 29.8 Å². The first-order chi connectivity index (χ1) is 52.8. The summed E-state index contributed by atoms with van der Waals surface area (Å²) in [5.74, 6) is -2.06. The van der Waals surface area contributed by atoms with Crippen molar-refractivity contribution in [3.8, 4) is 0 Å². The van der Waals surface area contributed by atoms with Crippen LogP contribution in [0.3, 0.4) is 0 Å². The van der Waals surface area contributed by atoms with Crippen LogP contribution in [-0.4, -0.2) is 352 Å². The third-order valence-electron chi connectivity index (χ3n) is 21.2. The molecule has 36 nitrogen and oxygen atoms in total. The number of hydrogen-bond donors (Lipinski definition) is 21. The highest BCUT2D eigenvalue weighted by atomic mass is 16.8. The van der Waals surface area contributed by atoms with Gasteiger partial charge in [-0.2, -0.15) is 0 Å². The van der Waals surface area contributed by atoms with E-state index < -0.39 is 254 Å². The third-order valence-corrected chi connectivity index (χ3v) is 21.2. The van der Waals surface area contributed by atoms with Crippen molar-refractivity contribution in [3.05, 3.63) is 12.2 Å². The Labute approximate surface area is 643 Å². The number of carbonyl (C=O) groups is 3. The standard InChI is InChI=1S/C74H133N3O33/c1-5-7-9-11-13-15-17-19-21-23-25-27-29-31-43(85)42(77-50(86)32-30-28-26-24-22-20-18-16-14-12-10-8-6-2)38-99-71-63(97)60(94)67(48(37-82)105-71)109-74-64(98)68(110-70-52(76-41(4)84)57(91)66(47(36-81)104-70)108-73-62(96)59(93)54(88)45(34-79)102-73)55(89)49(106-74)39-100-69-51(75-40(3)83)56(90)65(46(35-80)103-69)107-72-61(95)58(92)53(87)44(33-78)101-72/h29,31,42-49,51-74,78-82,85,87-98H,5-28,30,32-39H2,1-4H3,(H,75,83)(H,76,84)(H,77,86)/b31-29+/t42-,43+,44?,45?,46?,47?,48?,49?,51?,52?,53-,54-,55-,56+,57+,58-,59-,60+,61?,62?,63?,64?,65+,66+,67+,68-,69+,70-,71+,72-,73-,74-/m0/s1. The Bertz CT molecular complexity index is 2560. The lowest BCUT2D eigenvalue weighted by Crippen LogP contribution is -2.70. The Morgan fingerprint density at radius 1 is 0.364 bits per heavy atom. The van der Waals surface area contributed by atoms with E-state index in [1.54, 1.807) is 6.08 Å². The van der Waals surface area contributed by atoms with Crippen LogP contribution in [0.2, 0.25) is 0 Å². The van der Waals surface area contributed by atoms with Crippen molar-refractivity contribution in [2.75, 3.05) is 46.2 Å². The summed E-state index contributed by atoms with van der Waals surface area (Å²) >= 11 is 0. The number of aliphatic hydroxyl groups excluding tert-OH is 18. The monoisotopic (exact) mass is 1590 g/mol. The molecule has 3 amide bonds. The summed E-state index contributed by atoms with van der Waals surface area (Å²) in [4.78, 5) is 39.3. The molecule has 0 aromatic carbocycles. The molecule has 32 atom stereocenters. The minimum atomic E-state index is -2.32. The Balaban J connectivity index is 1.21. The lowest BCUT2D eigenvalue weighted by Gasteiger charge is -2.50. The van der Waals surface area contributed by atoms with E-state index in [4.69, 9.17) is 56.8 Å². The second kappa shape index (κ2) is 50.5. The second-order valence-corrected chi connectivity index (χ2v) is 30.0. The van der Waals surface area contributed by atoms with Crippen molar-refractivity contribution < 1.29 is 163 Å². The van der Waals surface area contributed by atoms with Gasteiger partial charge in [-0.05, 0) is 19.3 Å². The van der Waals surface area contributed by atoms with Gasteiger partial charge in [0.2, 0.25) is 17.7 Å². The third kappa shape index (κ3) is 28.7. The van der Waals surface area contributed by atoms with Crippen LogP contribution >= 0.6 is 0 Å². The number of rotatable bonds is 50. The first-order valence-electron chi connectivity index (χ1n) is 40.0. The van der Waals surface area contributed by atoms with Crippen molar-refractivity contribution in [1.29, 1.82) is 0 Å². The van der Waals surface area contributed by atoms with Crippen molar-refractivity contribution in [1.82, 2.24) is 16.0 Å². The Morgan fingerprint density at radius 3 is 1.15 bits per heavy atom. The molecule has 642 valence electrons. The van der Waals surface area contributed by atoms with Crippen molar-refractivity contribution >= 4 is 17.7 Å². The van der Waals surface area contributed by atoms with Crippen LogP contribution in [0.1, 0.15) is 195 Å². The number of aliphatic hydroxyl groups is 18. The average molecular weight is 1590 g/mol. The van der Waals surface area contributed by atoms with Gasteiger partial charge in [-0.25, -0.2) is 0 Å². The highest BCUT2D eigenvalue weighted by Gasteiger charge is 2.58. The van der Waals surface area contributed by atoms with Gasteiger partial charge < -0.3 is 165 Å². The zero-order chi connectivity index (χ0) is 80.6. The van der Waals surface area contributed by atoms with E-state index in [9.17, 15) is 106 Å². The number of ether oxygens (including phenoxy) is 12. The molecule has 0 radical (unpaired) electrons. The molecule has 6 saturated heterocycles. The summed E-state index contributed by atoms with van der Waals surface area (Å²) in [5, 5.41) is 207. The molecule has 0 aromatic rings. The van der Waals surface area contributed by atoms with Crippen molar-refractivity contribution in [2.24, 2.45) is 0 Å². The molecule has 0 aromatic heterocycles. The molecule has 0 spiro atoms. The van der Waals surface area contributed by atoms with E-state index >= 15 is 0 Å². The summed E-state index contributed by atoms with van der Waals surface area (Å²) in [6.45, 7) is 0.177. The van der Waals surface area contributed by atoms with E-state index in [1.807, 2.05) is 6.08 Å². The molecule has 0 bridgehead atoms. The van der Waals surface area contributed by atoms with Crippen LogP contribution in [0.4, 0.5) is 0 Å². The van der Waals surface area contributed by atoms with Crippen molar-refractivity contribution in [2.45, 2.75) is 391 Å². The molecule has 6 rings (SSSR count). The van der Waals surface area contributed by atoms with Gasteiger partial charge >= 0.3 is 0 Å². The summed E-state index contributed by atoms with van der Waals surface area (Å²) in [6, 6.07) is -4.66. The van der Waals surface area contributed by atoms with Gasteiger partial charge in [0.15, 0.2) is 37.7 Å². The quantitative estimate of drug-likeness (QED) is 0.0211. The maximum Gasteiger partial charge on any atom is 0.220 e.